The van der Waals surface area contributed by atoms with Crippen LogP contribution in [0.15, 0.2) is 12.1 Å². The van der Waals surface area contributed by atoms with Gasteiger partial charge in [0.1, 0.15) is 5.75 Å². The van der Waals surface area contributed by atoms with E-state index in [1.807, 2.05) is 0 Å². The van der Waals surface area contributed by atoms with Crippen molar-refractivity contribution in [3.8, 4) is 5.75 Å². The Morgan fingerprint density at radius 1 is 1.38 bits per heavy atom. The Kier molecular flexibility index (Phi) is 3.42. The average molecular weight is 257 g/mol. The quantitative estimate of drug-likeness (QED) is 0.597. The normalized spacial score (nSPS) is 11.4. The second-order valence-corrected chi connectivity index (χ2v) is 3.28. The predicted octanol–water partition coefficient (Wildman–Crippen LogP) is 3.58. The van der Waals surface area contributed by atoms with Gasteiger partial charge < -0.3 is 4.74 Å². The van der Waals surface area contributed by atoms with Gasteiger partial charge in [-0.1, -0.05) is 11.6 Å². The SMILES string of the molecule is CC(=O)c1cc(OC(F)(F)F)cc(Cl)c1F. The van der Waals surface area contributed by atoms with E-state index in [1.54, 1.807) is 0 Å². The van der Waals surface area contributed by atoms with Crippen LogP contribution < -0.4 is 4.74 Å². The van der Waals surface area contributed by atoms with E-state index in [2.05, 4.69) is 4.74 Å². The molecule has 0 spiro atoms. The number of Topliss-reactive ketones (excluding diaryl/α,β-unsaturated/α-hetero) is 1. The second-order valence-electron chi connectivity index (χ2n) is 2.87. The molecule has 0 bridgehead atoms. The van der Waals surface area contributed by atoms with Gasteiger partial charge in [-0.2, -0.15) is 0 Å². The number of hydrogen-bond donors (Lipinski definition) is 0. The van der Waals surface area contributed by atoms with Crippen molar-refractivity contribution in [3.05, 3.63) is 28.5 Å². The van der Waals surface area contributed by atoms with E-state index in [4.69, 9.17) is 11.6 Å². The van der Waals surface area contributed by atoms with E-state index in [0.717, 1.165) is 6.92 Å². The monoisotopic (exact) mass is 256 g/mol. The summed E-state index contributed by atoms with van der Waals surface area (Å²) < 4.78 is 52.3. The average Bonchev–Trinajstić information content (AvgIpc) is 2.07. The van der Waals surface area contributed by atoms with Crippen molar-refractivity contribution in [3.63, 3.8) is 0 Å². The lowest BCUT2D eigenvalue weighted by Gasteiger charge is -2.10. The molecule has 2 nitrogen and oxygen atoms in total. The first-order valence-corrected chi connectivity index (χ1v) is 4.34. The molecule has 1 aromatic carbocycles. The number of hydrogen-bond acceptors (Lipinski definition) is 2. The van der Waals surface area contributed by atoms with Crippen LogP contribution in [0.3, 0.4) is 0 Å². The molecular formula is C9H5ClF4O2. The van der Waals surface area contributed by atoms with Gasteiger partial charge >= 0.3 is 6.36 Å². The van der Waals surface area contributed by atoms with Crippen LogP contribution in [0.25, 0.3) is 0 Å². The molecule has 0 aliphatic rings. The summed E-state index contributed by atoms with van der Waals surface area (Å²) in [5.74, 6) is -2.54. The highest BCUT2D eigenvalue weighted by Gasteiger charge is 2.31. The summed E-state index contributed by atoms with van der Waals surface area (Å²) in [4.78, 5) is 10.9. The van der Waals surface area contributed by atoms with Crippen molar-refractivity contribution < 1.29 is 27.1 Å². The van der Waals surface area contributed by atoms with Crippen LogP contribution in [0, 0.1) is 5.82 Å². The molecule has 0 aliphatic heterocycles. The molecule has 0 heterocycles. The minimum absolute atomic E-state index is 0.549. The van der Waals surface area contributed by atoms with Crippen LogP contribution in [0.2, 0.25) is 5.02 Å². The van der Waals surface area contributed by atoms with Crippen LogP contribution in [-0.2, 0) is 0 Å². The molecule has 0 saturated carbocycles. The zero-order chi connectivity index (χ0) is 12.5. The molecule has 0 N–H and O–H groups in total. The molecule has 16 heavy (non-hydrogen) atoms. The summed E-state index contributed by atoms with van der Waals surface area (Å²) in [6.45, 7) is 1.01. The molecule has 0 atom stereocenters. The van der Waals surface area contributed by atoms with E-state index in [-0.39, 0.29) is 0 Å². The fourth-order valence-electron chi connectivity index (χ4n) is 1.01. The van der Waals surface area contributed by atoms with E-state index in [1.165, 1.54) is 0 Å². The number of ketones is 1. The molecule has 0 fully saturated rings. The summed E-state index contributed by atoms with van der Waals surface area (Å²) in [7, 11) is 0. The Labute approximate surface area is 92.8 Å². The number of carbonyl (C=O) groups excluding carboxylic acids is 1. The molecule has 0 aliphatic carbocycles. The van der Waals surface area contributed by atoms with Crippen LogP contribution >= 0.6 is 11.6 Å². The van der Waals surface area contributed by atoms with Crippen molar-refractivity contribution in [2.75, 3.05) is 0 Å². The second kappa shape index (κ2) is 4.29. The Morgan fingerprint density at radius 2 is 1.94 bits per heavy atom. The molecule has 0 amide bonds. The Bertz CT molecular complexity index is 428. The fraction of sp³-hybridized carbons (Fsp3) is 0.222. The minimum Gasteiger partial charge on any atom is -0.406 e. The highest BCUT2D eigenvalue weighted by atomic mass is 35.5. The van der Waals surface area contributed by atoms with Gasteiger partial charge in [-0.15, -0.1) is 13.2 Å². The number of carbonyl (C=O) groups is 1. The van der Waals surface area contributed by atoms with Gasteiger partial charge in [-0.3, -0.25) is 4.79 Å². The molecule has 1 aromatic rings. The lowest BCUT2D eigenvalue weighted by atomic mass is 10.1. The maximum atomic E-state index is 13.2. The third-order valence-corrected chi connectivity index (χ3v) is 1.89. The Morgan fingerprint density at radius 3 is 2.38 bits per heavy atom. The van der Waals surface area contributed by atoms with Gasteiger partial charge in [0, 0.05) is 6.07 Å². The van der Waals surface area contributed by atoms with Crippen LogP contribution in [0.4, 0.5) is 17.6 Å². The number of ether oxygens (including phenoxy) is 1. The number of rotatable bonds is 2. The zero-order valence-corrected chi connectivity index (χ0v) is 8.62. The van der Waals surface area contributed by atoms with Gasteiger partial charge in [-0.05, 0) is 13.0 Å². The summed E-state index contributed by atoms with van der Waals surface area (Å²) in [6, 6.07) is 1.30. The highest BCUT2D eigenvalue weighted by Crippen LogP contribution is 2.29. The summed E-state index contributed by atoms with van der Waals surface area (Å²) in [6.07, 6.45) is -4.92. The van der Waals surface area contributed by atoms with E-state index in [0.29, 0.717) is 12.1 Å². The standard InChI is InChI=1S/C9H5ClF4O2/c1-4(15)6-2-5(16-9(12,13)14)3-7(10)8(6)11/h2-3H,1H3. The predicted molar refractivity (Wildman–Crippen MR) is 48.1 cm³/mol. The van der Waals surface area contributed by atoms with Crippen molar-refractivity contribution in [2.24, 2.45) is 0 Å². The van der Waals surface area contributed by atoms with Gasteiger partial charge in [0.05, 0.1) is 10.6 Å². The molecule has 7 heteroatoms. The van der Waals surface area contributed by atoms with Crippen LogP contribution in [0.5, 0.6) is 5.75 Å². The van der Waals surface area contributed by atoms with Gasteiger partial charge in [0.25, 0.3) is 0 Å². The van der Waals surface area contributed by atoms with Crippen LogP contribution in [0.1, 0.15) is 17.3 Å². The third-order valence-electron chi connectivity index (χ3n) is 1.61. The molecule has 0 saturated heterocycles. The molecule has 88 valence electrons. The molecule has 0 aromatic heterocycles. The van der Waals surface area contributed by atoms with Crippen molar-refractivity contribution in [2.45, 2.75) is 13.3 Å². The maximum absolute atomic E-state index is 13.2. The lowest BCUT2D eigenvalue weighted by molar-refractivity contribution is -0.274. The highest BCUT2D eigenvalue weighted by molar-refractivity contribution is 6.31. The molecular weight excluding hydrogens is 252 g/mol. The van der Waals surface area contributed by atoms with Gasteiger partial charge in [-0.25, -0.2) is 4.39 Å². The number of benzene rings is 1. The maximum Gasteiger partial charge on any atom is 0.573 e. The largest absolute Gasteiger partial charge is 0.573 e. The summed E-state index contributed by atoms with van der Waals surface area (Å²) in [5.41, 5.74) is -0.549. The molecule has 0 unspecified atom stereocenters. The third kappa shape index (κ3) is 3.10. The first kappa shape index (κ1) is 12.8. The van der Waals surface area contributed by atoms with Crippen molar-refractivity contribution >= 4 is 17.4 Å². The molecule has 1 rings (SSSR count). The van der Waals surface area contributed by atoms with Gasteiger partial charge in [0.15, 0.2) is 11.6 Å². The van der Waals surface area contributed by atoms with Crippen molar-refractivity contribution in [1.82, 2.24) is 0 Å². The lowest BCUT2D eigenvalue weighted by Crippen LogP contribution is -2.17. The Hall–Kier alpha value is -1.30. The number of halogens is 5. The zero-order valence-electron chi connectivity index (χ0n) is 7.86. The summed E-state index contributed by atoms with van der Waals surface area (Å²) >= 11 is 5.32. The first-order valence-electron chi connectivity index (χ1n) is 3.96. The van der Waals surface area contributed by atoms with Crippen LogP contribution in [-0.4, -0.2) is 12.1 Å². The first-order chi connectivity index (χ1) is 7.20. The van der Waals surface area contributed by atoms with E-state index < -0.39 is 34.3 Å². The van der Waals surface area contributed by atoms with Gasteiger partial charge in [0.2, 0.25) is 0 Å². The smallest absolute Gasteiger partial charge is 0.406 e. The van der Waals surface area contributed by atoms with E-state index >= 15 is 0 Å². The molecule has 0 radical (unpaired) electrons. The number of alkyl halides is 3. The topological polar surface area (TPSA) is 26.3 Å². The minimum atomic E-state index is -4.92. The Balaban J connectivity index is 3.19. The van der Waals surface area contributed by atoms with E-state index in [9.17, 15) is 22.4 Å². The summed E-state index contributed by atoms with van der Waals surface area (Å²) in [5, 5.41) is -0.605. The van der Waals surface area contributed by atoms with Crippen molar-refractivity contribution in [1.29, 1.82) is 0 Å². The fourth-order valence-corrected chi connectivity index (χ4v) is 1.22.